The molecule has 0 atom stereocenters. The van der Waals surface area contributed by atoms with E-state index in [-0.39, 0.29) is 0 Å². The molecule has 9 aromatic rings. The standard InChI is InChI=1S/C45H40N6O/c1-27(2)31-20-29(5)44-39(22-31)40-23-32(28(3)4)21-30(6)45(40)50(44)34-16-17-46-43(25-34)51-41-13-8-7-12-37(41)38-15-14-36(26-42(38)51)52-35-11-9-10-33(24-35)49-19-18-47-48-49/h7-28H,1-6H3. The summed E-state index contributed by atoms with van der Waals surface area (Å²) in [4.78, 5) is 5.02. The highest BCUT2D eigenvalue weighted by atomic mass is 16.5. The predicted octanol–water partition coefficient (Wildman–Crippen LogP) is 11.5. The molecule has 0 bridgehead atoms. The fraction of sp³-hybridized carbons (Fsp3) is 0.178. The van der Waals surface area contributed by atoms with Gasteiger partial charge in [0.2, 0.25) is 0 Å². The molecule has 0 amide bonds. The van der Waals surface area contributed by atoms with Gasteiger partial charge >= 0.3 is 0 Å². The number of aromatic nitrogens is 6. The minimum Gasteiger partial charge on any atom is -0.457 e. The highest BCUT2D eigenvalue weighted by Gasteiger charge is 2.21. The van der Waals surface area contributed by atoms with Crippen molar-refractivity contribution in [1.29, 1.82) is 0 Å². The number of nitrogens with zero attached hydrogens (tertiary/aromatic N) is 6. The Morgan fingerprint density at radius 1 is 0.558 bits per heavy atom. The second kappa shape index (κ2) is 12.2. The van der Waals surface area contributed by atoms with E-state index in [0.29, 0.717) is 17.6 Å². The topological polar surface area (TPSA) is 62.7 Å². The highest BCUT2D eigenvalue weighted by Crippen LogP contribution is 2.40. The van der Waals surface area contributed by atoms with E-state index >= 15 is 0 Å². The van der Waals surface area contributed by atoms with Gasteiger partial charge in [0.15, 0.2) is 0 Å². The largest absolute Gasteiger partial charge is 0.457 e. The van der Waals surface area contributed by atoms with Gasteiger partial charge in [0.25, 0.3) is 0 Å². The SMILES string of the molecule is Cc1cc(C(C)C)cc2c3cc(C(C)C)cc(C)c3n(-c3ccnc(-n4c5ccccc5c5ccc(Oc6cccc(-n7ccnn7)c6)cc54)c3)c12. The maximum absolute atomic E-state index is 6.47. The van der Waals surface area contributed by atoms with Crippen LogP contribution in [0.15, 0.2) is 122 Å². The number of benzene rings is 5. The van der Waals surface area contributed by atoms with E-state index in [1.165, 1.54) is 44.1 Å². The molecule has 7 nitrogen and oxygen atoms in total. The quantitative estimate of drug-likeness (QED) is 0.168. The summed E-state index contributed by atoms with van der Waals surface area (Å²) in [7, 11) is 0. The summed E-state index contributed by atoms with van der Waals surface area (Å²) in [6.07, 6.45) is 5.42. The highest BCUT2D eigenvalue weighted by molar-refractivity contribution is 6.12. The van der Waals surface area contributed by atoms with Gasteiger partial charge < -0.3 is 9.30 Å². The van der Waals surface area contributed by atoms with Crippen molar-refractivity contribution in [3.8, 4) is 28.7 Å². The number of hydrogen-bond acceptors (Lipinski definition) is 4. The van der Waals surface area contributed by atoms with Gasteiger partial charge in [-0.05, 0) is 96.5 Å². The molecule has 52 heavy (non-hydrogen) atoms. The third-order valence-electron chi connectivity index (χ3n) is 10.3. The molecule has 7 heteroatoms. The van der Waals surface area contributed by atoms with Crippen LogP contribution in [0.3, 0.4) is 0 Å². The molecule has 0 unspecified atom stereocenters. The number of hydrogen-bond donors (Lipinski definition) is 0. The van der Waals surface area contributed by atoms with Crippen LogP contribution in [-0.2, 0) is 0 Å². The molecule has 0 saturated heterocycles. The zero-order valence-electron chi connectivity index (χ0n) is 30.3. The first kappa shape index (κ1) is 31.7. The molecule has 0 fully saturated rings. The lowest BCUT2D eigenvalue weighted by Gasteiger charge is -2.15. The number of pyridine rings is 1. The third-order valence-corrected chi connectivity index (χ3v) is 10.3. The molecule has 5 aromatic carbocycles. The van der Waals surface area contributed by atoms with Crippen molar-refractivity contribution in [2.75, 3.05) is 0 Å². The Labute approximate surface area is 302 Å². The second-order valence-electron chi connectivity index (χ2n) is 14.5. The van der Waals surface area contributed by atoms with E-state index < -0.39 is 0 Å². The lowest BCUT2D eigenvalue weighted by atomic mass is 9.95. The maximum atomic E-state index is 6.47. The van der Waals surface area contributed by atoms with Crippen LogP contribution >= 0.6 is 0 Å². The number of aryl methyl sites for hydroxylation is 2. The zero-order valence-corrected chi connectivity index (χ0v) is 30.3. The molecule has 9 rings (SSSR count). The summed E-state index contributed by atoms with van der Waals surface area (Å²) in [5, 5.41) is 13.0. The Balaban J connectivity index is 1.24. The molecule has 0 spiro atoms. The summed E-state index contributed by atoms with van der Waals surface area (Å²) in [5.41, 5.74) is 11.8. The molecule has 0 aliphatic heterocycles. The van der Waals surface area contributed by atoms with Crippen LogP contribution in [0.4, 0.5) is 0 Å². The first-order valence-electron chi connectivity index (χ1n) is 18.0. The Morgan fingerprint density at radius 2 is 1.25 bits per heavy atom. The van der Waals surface area contributed by atoms with Crippen LogP contribution in [-0.4, -0.2) is 29.1 Å². The normalized spacial score (nSPS) is 12.0. The minimum atomic E-state index is 0.435. The van der Waals surface area contributed by atoms with Crippen molar-refractivity contribution in [2.24, 2.45) is 0 Å². The van der Waals surface area contributed by atoms with Crippen LogP contribution in [0.1, 0.15) is 61.8 Å². The van der Waals surface area contributed by atoms with Gasteiger partial charge in [-0.2, -0.15) is 0 Å². The summed E-state index contributed by atoms with van der Waals surface area (Å²) >= 11 is 0. The summed E-state index contributed by atoms with van der Waals surface area (Å²) in [6.45, 7) is 13.6. The Morgan fingerprint density at radius 3 is 1.94 bits per heavy atom. The van der Waals surface area contributed by atoms with E-state index in [1.54, 1.807) is 10.9 Å². The van der Waals surface area contributed by atoms with E-state index in [1.807, 2.05) is 42.7 Å². The van der Waals surface area contributed by atoms with Crippen LogP contribution in [0.2, 0.25) is 0 Å². The van der Waals surface area contributed by atoms with Crippen molar-refractivity contribution in [2.45, 2.75) is 53.4 Å². The average molecular weight is 681 g/mol. The number of rotatable bonds is 7. The minimum absolute atomic E-state index is 0.435. The molecular formula is C45H40N6O. The second-order valence-corrected chi connectivity index (χ2v) is 14.5. The molecule has 0 saturated carbocycles. The Bertz CT molecular complexity index is 2730. The first-order chi connectivity index (χ1) is 25.2. The van der Waals surface area contributed by atoms with Crippen molar-refractivity contribution < 1.29 is 4.74 Å². The van der Waals surface area contributed by atoms with Crippen molar-refractivity contribution in [1.82, 2.24) is 29.1 Å². The fourth-order valence-corrected chi connectivity index (χ4v) is 7.76. The van der Waals surface area contributed by atoms with E-state index in [9.17, 15) is 0 Å². The van der Waals surface area contributed by atoms with Gasteiger partial charge in [-0.15, -0.1) is 5.10 Å². The third kappa shape index (κ3) is 5.15. The molecule has 0 radical (unpaired) electrons. The van der Waals surface area contributed by atoms with Gasteiger partial charge in [-0.1, -0.05) is 69.3 Å². The lowest BCUT2D eigenvalue weighted by molar-refractivity contribution is 0.482. The van der Waals surface area contributed by atoms with Gasteiger partial charge in [0.05, 0.1) is 45.8 Å². The maximum Gasteiger partial charge on any atom is 0.139 e. The van der Waals surface area contributed by atoms with Crippen molar-refractivity contribution in [3.05, 3.63) is 144 Å². The number of fused-ring (bicyclic) bond motifs is 6. The average Bonchev–Trinajstić information content (AvgIpc) is 3.88. The van der Waals surface area contributed by atoms with Crippen LogP contribution < -0.4 is 4.74 Å². The van der Waals surface area contributed by atoms with Crippen LogP contribution in [0.25, 0.3) is 60.8 Å². The smallest absolute Gasteiger partial charge is 0.139 e. The molecule has 4 heterocycles. The zero-order chi connectivity index (χ0) is 35.7. The van der Waals surface area contributed by atoms with Crippen LogP contribution in [0.5, 0.6) is 11.5 Å². The van der Waals surface area contributed by atoms with Gasteiger partial charge in [0, 0.05) is 45.9 Å². The van der Waals surface area contributed by atoms with Crippen molar-refractivity contribution >= 4 is 43.6 Å². The predicted molar refractivity (Wildman–Crippen MR) is 212 cm³/mol. The van der Waals surface area contributed by atoms with E-state index in [2.05, 4.69) is 134 Å². The Kier molecular flexibility index (Phi) is 7.47. The monoisotopic (exact) mass is 680 g/mol. The van der Waals surface area contributed by atoms with Gasteiger partial charge in [-0.25, -0.2) is 9.67 Å². The summed E-state index contributed by atoms with van der Waals surface area (Å²) in [5.74, 6) is 3.17. The molecule has 4 aromatic heterocycles. The van der Waals surface area contributed by atoms with Gasteiger partial charge in [0.1, 0.15) is 17.3 Å². The summed E-state index contributed by atoms with van der Waals surface area (Å²) in [6, 6.07) is 36.6. The first-order valence-corrected chi connectivity index (χ1v) is 18.0. The molecule has 0 aliphatic rings. The summed E-state index contributed by atoms with van der Waals surface area (Å²) < 4.78 is 12.9. The molecule has 0 aliphatic carbocycles. The number of para-hydroxylation sites is 1. The molecule has 256 valence electrons. The van der Waals surface area contributed by atoms with E-state index in [4.69, 9.17) is 9.72 Å². The molecule has 0 N–H and O–H groups in total. The fourth-order valence-electron chi connectivity index (χ4n) is 7.76. The molecular weight excluding hydrogens is 641 g/mol. The van der Waals surface area contributed by atoms with Crippen LogP contribution in [0, 0.1) is 13.8 Å². The Hall–Kier alpha value is -6.21. The van der Waals surface area contributed by atoms with E-state index in [0.717, 1.165) is 44.7 Å². The van der Waals surface area contributed by atoms with Gasteiger partial charge in [-0.3, -0.25) is 4.57 Å². The van der Waals surface area contributed by atoms with Crippen molar-refractivity contribution in [3.63, 3.8) is 0 Å². The lowest BCUT2D eigenvalue weighted by Crippen LogP contribution is -2.02. The number of ether oxygens (including phenoxy) is 1.